The third kappa shape index (κ3) is 2.61. The molecule has 1 atom stereocenters. The smallest absolute Gasteiger partial charge is 0.230 e. The Bertz CT molecular complexity index is 459. The maximum Gasteiger partial charge on any atom is 0.230 e. The maximum absolute atomic E-state index is 11.9. The average molecular weight is 233 g/mol. The topological polar surface area (TPSA) is 62.3 Å². The second-order valence-corrected chi connectivity index (χ2v) is 4.38. The molecule has 1 aliphatic rings. The van der Waals surface area contributed by atoms with Gasteiger partial charge in [-0.15, -0.1) is 0 Å². The minimum atomic E-state index is -0.269. The molecule has 0 radical (unpaired) electrons. The number of aromatic nitrogens is 1. The van der Waals surface area contributed by atoms with Crippen LogP contribution in [0.1, 0.15) is 12.0 Å². The molecule has 1 unspecified atom stereocenters. The number of anilines is 1. The third-order valence-corrected chi connectivity index (χ3v) is 2.88. The van der Waals surface area contributed by atoms with E-state index in [1.54, 1.807) is 24.2 Å². The number of nitrogens with zero attached hydrogens (tertiary/aromatic N) is 2. The average Bonchev–Trinajstić information content (AvgIpc) is 2.59. The molecule has 1 aromatic rings. The molecule has 0 bridgehead atoms. The second kappa shape index (κ2) is 4.53. The number of hydrogen-bond donors (Lipinski definition) is 1. The minimum Gasteiger partial charge on any atom is -0.345 e. The number of carbonyl (C=O) groups excluding carboxylic acids is 2. The summed E-state index contributed by atoms with van der Waals surface area (Å²) in [5, 5.41) is 2.74. The fraction of sp³-hybridized carbons (Fsp3) is 0.417. The number of rotatable bonds is 2. The molecular weight excluding hydrogens is 218 g/mol. The van der Waals surface area contributed by atoms with Crippen molar-refractivity contribution >= 4 is 17.6 Å². The highest BCUT2D eigenvalue weighted by molar-refractivity contribution is 5.96. The largest absolute Gasteiger partial charge is 0.345 e. The van der Waals surface area contributed by atoms with Gasteiger partial charge in [-0.2, -0.15) is 0 Å². The lowest BCUT2D eigenvalue weighted by molar-refractivity contribution is -0.127. The molecule has 5 heteroatoms. The summed E-state index contributed by atoms with van der Waals surface area (Å²) in [5.74, 6) is 0.148. The molecule has 2 amide bonds. The Morgan fingerprint density at radius 3 is 2.94 bits per heavy atom. The van der Waals surface area contributed by atoms with E-state index in [4.69, 9.17) is 0 Å². The molecule has 90 valence electrons. The first-order valence-electron chi connectivity index (χ1n) is 5.54. The Morgan fingerprint density at radius 1 is 1.59 bits per heavy atom. The van der Waals surface area contributed by atoms with E-state index < -0.39 is 0 Å². The Morgan fingerprint density at radius 2 is 2.35 bits per heavy atom. The van der Waals surface area contributed by atoms with Crippen LogP contribution in [0, 0.1) is 12.8 Å². The van der Waals surface area contributed by atoms with E-state index in [9.17, 15) is 9.59 Å². The number of pyridine rings is 1. The quantitative estimate of drug-likeness (QED) is 0.822. The van der Waals surface area contributed by atoms with Crippen molar-refractivity contribution < 1.29 is 9.59 Å². The van der Waals surface area contributed by atoms with Crippen molar-refractivity contribution in [3.63, 3.8) is 0 Å². The van der Waals surface area contributed by atoms with Gasteiger partial charge in [-0.1, -0.05) is 0 Å². The van der Waals surface area contributed by atoms with Crippen molar-refractivity contribution in [1.82, 2.24) is 9.88 Å². The van der Waals surface area contributed by atoms with Gasteiger partial charge in [0, 0.05) is 26.2 Å². The van der Waals surface area contributed by atoms with E-state index in [1.165, 1.54) is 0 Å². The molecule has 1 fully saturated rings. The Balaban J connectivity index is 2.00. The van der Waals surface area contributed by atoms with Gasteiger partial charge in [0.25, 0.3) is 0 Å². The maximum atomic E-state index is 11.9. The first-order valence-corrected chi connectivity index (χ1v) is 5.54. The molecule has 5 nitrogen and oxygen atoms in total. The van der Waals surface area contributed by atoms with Gasteiger partial charge >= 0.3 is 0 Å². The molecule has 0 saturated carbocycles. The van der Waals surface area contributed by atoms with Crippen molar-refractivity contribution in [3.8, 4) is 0 Å². The SMILES string of the molecule is Cc1ccnc(NC(=O)C2CC(=O)N(C)C2)c1. The minimum absolute atomic E-state index is 0.0161. The number of carbonyl (C=O) groups is 2. The van der Waals surface area contributed by atoms with Gasteiger partial charge in [-0.05, 0) is 24.6 Å². The first-order chi connectivity index (χ1) is 8.06. The third-order valence-electron chi connectivity index (χ3n) is 2.88. The van der Waals surface area contributed by atoms with E-state index in [1.807, 2.05) is 13.0 Å². The lowest BCUT2D eigenvalue weighted by Gasteiger charge is -2.10. The molecule has 0 spiro atoms. The molecule has 17 heavy (non-hydrogen) atoms. The number of aryl methyl sites for hydroxylation is 1. The molecule has 1 aromatic heterocycles. The van der Waals surface area contributed by atoms with Crippen LogP contribution in [0.4, 0.5) is 5.82 Å². The molecule has 2 rings (SSSR count). The zero-order valence-corrected chi connectivity index (χ0v) is 9.93. The van der Waals surface area contributed by atoms with E-state index in [-0.39, 0.29) is 24.2 Å². The van der Waals surface area contributed by atoms with Crippen LogP contribution in [0.5, 0.6) is 0 Å². The highest BCUT2D eigenvalue weighted by Gasteiger charge is 2.32. The summed E-state index contributed by atoms with van der Waals surface area (Å²) in [7, 11) is 1.71. The lowest BCUT2D eigenvalue weighted by atomic mass is 10.1. The van der Waals surface area contributed by atoms with E-state index >= 15 is 0 Å². The van der Waals surface area contributed by atoms with Gasteiger partial charge in [0.05, 0.1) is 5.92 Å². The van der Waals surface area contributed by atoms with Gasteiger partial charge in [0.15, 0.2) is 0 Å². The summed E-state index contributed by atoms with van der Waals surface area (Å²) in [4.78, 5) is 28.8. The molecule has 0 aliphatic carbocycles. The van der Waals surface area contributed by atoms with E-state index in [0.717, 1.165) is 5.56 Å². The van der Waals surface area contributed by atoms with Crippen molar-refractivity contribution in [2.75, 3.05) is 18.9 Å². The number of likely N-dealkylation sites (tertiary alicyclic amines) is 1. The van der Waals surface area contributed by atoms with E-state index in [2.05, 4.69) is 10.3 Å². The predicted molar refractivity (Wildman–Crippen MR) is 63.3 cm³/mol. The van der Waals surface area contributed by atoms with Gasteiger partial charge in [-0.3, -0.25) is 9.59 Å². The highest BCUT2D eigenvalue weighted by Crippen LogP contribution is 2.17. The van der Waals surface area contributed by atoms with Gasteiger partial charge in [-0.25, -0.2) is 4.98 Å². The van der Waals surface area contributed by atoms with Crippen molar-refractivity contribution in [2.24, 2.45) is 5.92 Å². The summed E-state index contributed by atoms with van der Waals surface area (Å²) in [6, 6.07) is 3.67. The van der Waals surface area contributed by atoms with Crippen LogP contribution in [-0.4, -0.2) is 35.3 Å². The standard InChI is InChI=1S/C12H15N3O2/c1-8-3-4-13-10(5-8)14-12(17)9-6-11(16)15(2)7-9/h3-5,9H,6-7H2,1-2H3,(H,13,14,17). The fourth-order valence-corrected chi connectivity index (χ4v) is 1.87. The van der Waals surface area contributed by atoms with Gasteiger partial charge in [0.1, 0.15) is 5.82 Å². The van der Waals surface area contributed by atoms with Gasteiger partial charge in [0.2, 0.25) is 11.8 Å². The van der Waals surface area contributed by atoms with Crippen molar-refractivity contribution in [2.45, 2.75) is 13.3 Å². The van der Waals surface area contributed by atoms with Crippen LogP contribution in [0.25, 0.3) is 0 Å². The van der Waals surface area contributed by atoms with Crippen LogP contribution in [-0.2, 0) is 9.59 Å². The number of hydrogen-bond acceptors (Lipinski definition) is 3. The monoisotopic (exact) mass is 233 g/mol. The zero-order chi connectivity index (χ0) is 12.4. The van der Waals surface area contributed by atoms with Crippen LogP contribution in [0.3, 0.4) is 0 Å². The summed E-state index contributed by atoms with van der Waals surface area (Å²) < 4.78 is 0. The van der Waals surface area contributed by atoms with Crippen LogP contribution >= 0.6 is 0 Å². The van der Waals surface area contributed by atoms with E-state index in [0.29, 0.717) is 12.4 Å². The molecule has 2 heterocycles. The molecular formula is C12H15N3O2. The Kier molecular flexibility index (Phi) is 3.08. The van der Waals surface area contributed by atoms with Crippen LogP contribution in [0.2, 0.25) is 0 Å². The summed E-state index contributed by atoms with van der Waals surface area (Å²) in [5.41, 5.74) is 1.04. The van der Waals surface area contributed by atoms with Gasteiger partial charge < -0.3 is 10.2 Å². The predicted octanol–water partition coefficient (Wildman–Crippen LogP) is 0.807. The Labute approximate surface area is 99.8 Å². The zero-order valence-electron chi connectivity index (χ0n) is 9.93. The summed E-state index contributed by atoms with van der Waals surface area (Å²) in [6.45, 7) is 2.42. The lowest BCUT2D eigenvalue weighted by Crippen LogP contribution is -2.26. The molecule has 1 saturated heterocycles. The number of amides is 2. The molecule has 1 N–H and O–H groups in total. The Hall–Kier alpha value is -1.91. The number of nitrogens with one attached hydrogen (secondary N) is 1. The second-order valence-electron chi connectivity index (χ2n) is 4.38. The molecule has 0 aromatic carbocycles. The first kappa shape index (κ1) is 11.6. The van der Waals surface area contributed by atoms with Crippen LogP contribution < -0.4 is 5.32 Å². The molecule has 1 aliphatic heterocycles. The van der Waals surface area contributed by atoms with Crippen molar-refractivity contribution in [3.05, 3.63) is 23.9 Å². The van der Waals surface area contributed by atoms with Crippen LogP contribution in [0.15, 0.2) is 18.3 Å². The normalized spacial score (nSPS) is 19.5. The summed E-state index contributed by atoms with van der Waals surface area (Å²) >= 11 is 0. The van der Waals surface area contributed by atoms with Crippen molar-refractivity contribution in [1.29, 1.82) is 0 Å². The fourth-order valence-electron chi connectivity index (χ4n) is 1.87. The summed E-state index contributed by atoms with van der Waals surface area (Å²) in [6.07, 6.45) is 1.94. The highest BCUT2D eigenvalue weighted by atomic mass is 16.2.